The minimum atomic E-state index is -0.532. The Bertz CT molecular complexity index is 5180. The van der Waals surface area contributed by atoms with Crippen molar-refractivity contribution < 1.29 is 8.83 Å². The zero-order valence-corrected chi connectivity index (χ0v) is 45.4. The van der Waals surface area contributed by atoms with Gasteiger partial charge in [-0.25, -0.2) is 0 Å². The van der Waals surface area contributed by atoms with Crippen LogP contribution < -0.4 is 0 Å². The van der Waals surface area contributed by atoms with Gasteiger partial charge >= 0.3 is 0 Å². The number of para-hydroxylation sites is 2. The summed E-state index contributed by atoms with van der Waals surface area (Å²) in [7, 11) is 0. The van der Waals surface area contributed by atoms with E-state index in [1.165, 1.54) is 77.5 Å². The minimum absolute atomic E-state index is 0.532. The fourth-order valence-corrected chi connectivity index (χ4v) is 15.8. The molecule has 84 heavy (non-hydrogen) atoms. The van der Waals surface area contributed by atoms with Crippen molar-refractivity contribution in [3.8, 4) is 33.6 Å². The van der Waals surface area contributed by atoms with Gasteiger partial charge in [-0.05, 0) is 140 Å². The molecule has 2 aliphatic rings. The molecule has 4 heteroatoms. The van der Waals surface area contributed by atoms with Gasteiger partial charge in [0.1, 0.15) is 22.3 Å². The van der Waals surface area contributed by atoms with Gasteiger partial charge in [0.2, 0.25) is 0 Å². The molecule has 0 aliphatic heterocycles. The molecule has 0 saturated heterocycles. The van der Waals surface area contributed by atoms with Crippen LogP contribution in [0.5, 0.6) is 0 Å². The van der Waals surface area contributed by atoms with Gasteiger partial charge < -0.3 is 18.0 Å². The van der Waals surface area contributed by atoms with E-state index in [0.29, 0.717) is 0 Å². The Labute approximate surface area is 482 Å². The van der Waals surface area contributed by atoms with Crippen LogP contribution in [-0.2, 0) is 10.8 Å². The van der Waals surface area contributed by atoms with Crippen LogP contribution >= 0.6 is 0 Å². The van der Waals surface area contributed by atoms with Gasteiger partial charge in [0, 0.05) is 43.7 Å². The maximum atomic E-state index is 6.76. The summed E-state index contributed by atoms with van der Waals surface area (Å²) in [6.45, 7) is 0. The molecule has 13 aromatic carbocycles. The number of hydrogen-bond acceptors (Lipinski definition) is 2. The summed E-state index contributed by atoms with van der Waals surface area (Å²) in [5.41, 5.74) is 24.0. The van der Waals surface area contributed by atoms with Crippen LogP contribution in [0.25, 0.3) is 121 Å². The van der Waals surface area contributed by atoms with Crippen molar-refractivity contribution in [1.29, 1.82) is 0 Å². The summed E-state index contributed by atoms with van der Waals surface area (Å²) in [5, 5.41) is 9.06. The third-order valence-corrected chi connectivity index (χ3v) is 19.1. The molecule has 0 bridgehead atoms. The van der Waals surface area contributed by atoms with Crippen molar-refractivity contribution in [3.63, 3.8) is 0 Å². The molecule has 4 heterocycles. The molecule has 19 rings (SSSR count). The summed E-state index contributed by atoms with van der Waals surface area (Å²) in [6.07, 6.45) is 0. The molecule has 390 valence electrons. The highest BCUT2D eigenvalue weighted by atomic mass is 16.3. The lowest BCUT2D eigenvalue weighted by molar-refractivity contribution is 0.669. The summed E-state index contributed by atoms with van der Waals surface area (Å²) < 4.78 is 18.6. The molecule has 0 spiro atoms. The van der Waals surface area contributed by atoms with Crippen molar-refractivity contribution in [3.05, 3.63) is 336 Å². The second kappa shape index (κ2) is 16.8. The molecule has 0 atom stereocenters. The van der Waals surface area contributed by atoms with Crippen molar-refractivity contribution in [2.45, 2.75) is 10.8 Å². The quantitative estimate of drug-likeness (QED) is 0.166. The maximum Gasteiger partial charge on any atom is 0.137 e. The van der Waals surface area contributed by atoms with Crippen LogP contribution in [0.2, 0.25) is 0 Å². The van der Waals surface area contributed by atoms with E-state index in [9.17, 15) is 0 Å². The van der Waals surface area contributed by atoms with Gasteiger partial charge in [-0.15, -0.1) is 0 Å². The first-order valence-corrected chi connectivity index (χ1v) is 29.1. The average Bonchev–Trinajstić information content (AvgIpc) is 1.67. The second-order valence-electron chi connectivity index (χ2n) is 22.9. The van der Waals surface area contributed by atoms with Crippen LogP contribution in [0.4, 0.5) is 0 Å². The highest BCUT2D eigenvalue weighted by Gasteiger charge is 2.48. The van der Waals surface area contributed by atoms with E-state index in [0.717, 1.165) is 88.1 Å². The van der Waals surface area contributed by atoms with E-state index >= 15 is 0 Å². The van der Waals surface area contributed by atoms with Crippen molar-refractivity contribution in [2.24, 2.45) is 0 Å². The van der Waals surface area contributed by atoms with Crippen molar-refractivity contribution in [2.75, 3.05) is 0 Å². The van der Waals surface area contributed by atoms with E-state index in [2.05, 4.69) is 300 Å². The van der Waals surface area contributed by atoms with Crippen molar-refractivity contribution >= 4 is 87.5 Å². The molecule has 0 saturated carbocycles. The summed E-state index contributed by atoms with van der Waals surface area (Å²) >= 11 is 0. The summed E-state index contributed by atoms with van der Waals surface area (Å²) in [4.78, 5) is 0. The lowest BCUT2D eigenvalue weighted by atomic mass is 9.68. The molecule has 0 amide bonds. The van der Waals surface area contributed by atoms with Gasteiger partial charge in [0.15, 0.2) is 0 Å². The van der Waals surface area contributed by atoms with E-state index in [1.807, 2.05) is 0 Å². The van der Waals surface area contributed by atoms with E-state index in [1.54, 1.807) is 0 Å². The lowest BCUT2D eigenvalue weighted by Gasteiger charge is -2.33. The monoisotopic (exact) mass is 1070 g/mol. The first-order chi connectivity index (χ1) is 41.7. The summed E-state index contributed by atoms with van der Waals surface area (Å²) in [6, 6.07) is 108. The molecule has 0 fully saturated rings. The van der Waals surface area contributed by atoms with E-state index in [4.69, 9.17) is 8.83 Å². The number of furan rings is 2. The first-order valence-electron chi connectivity index (χ1n) is 29.1. The van der Waals surface area contributed by atoms with Gasteiger partial charge in [0.05, 0.1) is 43.7 Å². The van der Waals surface area contributed by atoms with Crippen LogP contribution in [0.3, 0.4) is 0 Å². The summed E-state index contributed by atoms with van der Waals surface area (Å²) in [5.74, 6) is 0. The van der Waals surface area contributed by atoms with Crippen LogP contribution in [0.15, 0.2) is 300 Å². The number of fused-ring (bicyclic) bond motifs is 20. The Kier molecular flexibility index (Phi) is 9.16. The number of nitrogens with zero attached hydrogens (tertiary/aromatic N) is 2. The second-order valence-corrected chi connectivity index (χ2v) is 22.9. The molecular weight excluding hydrogens is 1020 g/mol. The number of aromatic nitrogens is 2. The smallest absolute Gasteiger partial charge is 0.137 e. The molecule has 4 aromatic heterocycles. The first kappa shape index (κ1) is 45.8. The molecule has 0 radical (unpaired) electrons. The third kappa shape index (κ3) is 5.81. The Hall–Kier alpha value is -10.9. The Morgan fingerprint density at radius 2 is 0.595 bits per heavy atom. The third-order valence-electron chi connectivity index (χ3n) is 19.1. The number of rotatable bonds is 6. The van der Waals surface area contributed by atoms with Gasteiger partial charge in [-0.3, -0.25) is 0 Å². The van der Waals surface area contributed by atoms with Crippen molar-refractivity contribution in [1.82, 2.24) is 9.13 Å². The molecular formula is C80H48N2O2. The zero-order valence-electron chi connectivity index (χ0n) is 45.4. The van der Waals surface area contributed by atoms with Gasteiger partial charge in [-0.1, -0.05) is 218 Å². The molecule has 0 N–H and O–H groups in total. The highest BCUT2D eigenvalue weighted by Crippen LogP contribution is 2.59. The van der Waals surface area contributed by atoms with E-state index in [-0.39, 0.29) is 0 Å². The zero-order chi connectivity index (χ0) is 54.8. The number of hydrogen-bond donors (Lipinski definition) is 0. The molecule has 0 unspecified atom stereocenters. The SMILES string of the molecule is c1ccc(C2(c3ccccc3)c3ccccc3-c3cc(-n4c5cc6c(cc5c5ccc7oc8ccccc8c7c54)c4ccc5oc7ccccc7c5c4n6-c4ccc5c(c4)-c4ccccc4C5(c4ccccc4)c4ccccc4)ccc32)cc1. The average molecular weight is 1070 g/mol. The van der Waals surface area contributed by atoms with E-state index < -0.39 is 10.8 Å². The Morgan fingerprint density at radius 3 is 1.01 bits per heavy atom. The topological polar surface area (TPSA) is 36.1 Å². The predicted molar refractivity (Wildman–Crippen MR) is 344 cm³/mol. The lowest BCUT2D eigenvalue weighted by Crippen LogP contribution is -2.28. The normalized spacial score (nSPS) is 13.9. The fourth-order valence-electron chi connectivity index (χ4n) is 15.8. The maximum absolute atomic E-state index is 6.76. The molecule has 4 nitrogen and oxygen atoms in total. The minimum Gasteiger partial charge on any atom is -0.456 e. The largest absolute Gasteiger partial charge is 0.456 e. The highest BCUT2D eigenvalue weighted by molar-refractivity contribution is 6.29. The predicted octanol–water partition coefficient (Wildman–Crippen LogP) is 20.4. The standard InChI is InChI=1S/C80H48N2O2/c1-5-21-49(22-6-1)79(50-23-7-2-8-24-50)65-33-17-13-29-55(65)61-45-53(37-41-67(61)79)81-69-48-70-64(47-63(69)57-39-43-73-75(77(57)81)59-31-15-19-35-71(59)83-73)58-40-44-74-76(60-32-16-20-36-72(60)84-74)78(58)82(70)54-38-42-68-62(46-54)56-30-14-18-34-66(56)80(68,51-25-9-3-10-26-51)52-27-11-4-12-28-52/h1-48H. The Morgan fingerprint density at radius 1 is 0.238 bits per heavy atom. The van der Waals surface area contributed by atoms with Crippen LogP contribution in [-0.4, -0.2) is 9.13 Å². The van der Waals surface area contributed by atoms with Gasteiger partial charge in [0.25, 0.3) is 0 Å². The molecule has 2 aliphatic carbocycles. The fraction of sp³-hybridized carbons (Fsp3) is 0.0250. The number of benzene rings is 13. The van der Waals surface area contributed by atoms with Crippen LogP contribution in [0.1, 0.15) is 44.5 Å². The van der Waals surface area contributed by atoms with Gasteiger partial charge in [-0.2, -0.15) is 0 Å². The van der Waals surface area contributed by atoms with Crippen LogP contribution in [0, 0.1) is 0 Å². The molecule has 17 aromatic rings. The Balaban J connectivity index is 0.945.